The summed E-state index contributed by atoms with van der Waals surface area (Å²) in [4.78, 5) is 32.0. The summed E-state index contributed by atoms with van der Waals surface area (Å²) in [6.45, 7) is 3.41. The van der Waals surface area contributed by atoms with Gasteiger partial charge in [0.2, 0.25) is 5.91 Å². The minimum Gasteiger partial charge on any atom is -0.497 e. The number of aromatic nitrogens is 2. The third-order valence-corrected chi connectivity index (χ3v) is 7.10. The summed E-state index contributed by atoms with van der Waals surface area (Å²) < 4.78 is 18.9. The van der Waals surface area contributed by atoms with Crippen molar-refractivity contribution in [2.45, 2.75) is 51.0 Å². The summed E-state index contributed by atoms with van der Waals surface area (Å²) in [6.07, 6.45) is 5.17. The first-order valence-electron chi connectivity index (χ1n) is 12.1. The number of nitrogens with zero attached hydrogens (tertiary/aromatic N) is 3. The molecule has 9 heteroatoms. The van der Waals surface area contributed by atoms with Crippen molar-refractivity contribution in [3.8, 4) is 5.75 Å². The number of methoxy groups -OCH3 is 1. The van der Waals surface area contributed by atoms with Gasteiger partial charge in [-0.3, -0.25) is 9.59 Å². The molecule has 2 atom stereocenters. The van der Waals surface area contributed by atoms with Crippen LogP contribution in [0.2, 0.25) is 0 Å². The largest absolute Gasteiger partial charge is 0.497 e. The van der Waals surface area contributed by atoms with Gasteiger partial charge in [0.15, 0.2) is 5.69 Å². The number of likely N-dealkylation sites (tertiary alicyclic amines) is 1. The van der Waals surface area contributed by atoms with Crippen LogP contribution in [0.3, 0.4) is 0 Å². The SMILES string of the molecule is COc1ccc([C@@H]2Cn3cnc(C(=O)N4CCC(C(=O)NC[C@H]5CCCO5)CC4)c3CO2)cc1. The highest BCUT2D eigenvalue weighted by molar-refractivity contribution is 5.93. The zero-order valence-corrected chi connectivity index (χ0v) is 19.6. The van der Waals surface area contributed by atoms with E-state index in [0.717, 1.165) is 36.5 Å². The molecule has 2 amide bonds. The van der Waals surface area contributed by atoms with Crippen molar-refractivity contribution in [2.75, 3.05) is 33.4 Å². The molecule has 3 aliphatic rings. The summed E-state index contributed by atoms with van der Waals surface area (Å²) in [5, 5.41) is 3.02. The van der Waals surface area contributed by atoms with Gasteiger partial charge in [-0.15, -0.1) is 0 Å². The van der Waals surface area contributed by atoms with Crippen LogP contribution in [-0.4, -0.2) is 65.7 Å². The standard InChI is InChI=1S/C25H32N4O5/c1-32-19-6-4-17(5-7-19)22-14-29-16-27-23(21(29)15-34-22)25(31)28-10-8-18(9-11-28)24(30)26-13-20-3-2-12-33-20/h4-7,16,18,20,22H,2-3,8-15H2,1H3,(H,26,30)/t20-,22+/m1/s1. The molecule has 5 rings (SSSR count). The monoisotopic (exact) mass is 468 g/mol. The number of hydrogen-bond donors (Lipinski definition) is 1. The van der Waals surface area contributed by atoms with Gasteiger partial charge in [-0.05, 0) is 43.4 Å². The third-order valence-electron chi connectivity index (χ3n) is 7.10. The normalized spacial score (nSPS) is 22.9. The fourth-order valence-corrected chi connectivity index (χ4v) is 4.98. The van der Waals surface area contributed by atoms with Crippen LogP contribution in [0, 0.1) is 5.92 Å². The van der Waals surface area contributed by atoms with Gasteiger partial charge in [-0.25, -0.2) is 4.98 Å². The van der Waals surface area contributed by atoms with Crippen LogP contribution in [0.25, 0.3) is 0 Å². The van der Waals surface area contributed by atoms with E-state index in [2.05, 4.69) is 10.3 Å². The van der Waals surface area contributed by atoms with Gasteiger partial charge in [0, 0.05) is 32.2 Å². The van der Waals surface area contributed by atoms with Crippen molar-refractivity contribution in [3.63, 3.8) is 0 Å². The topological polar surface area (TPSA) is 94.9 Å². The van der Waals surface area contributed by atoms with E-state index < -0.39 is 0 Å². The second-order valence-corrected chi connectivity index (χ2v) is 9.21. The number of nitrogens with one attached hydrogen (secondary N) is 1. The van der Waals surface area contributed by atoms with Gasteiger partial charge in [-0.1, -0.05) is 12.1 Å². The summed E-state index contributed by atoms with van der Waals surface area (Å²) >= 11 is 0. The molecule has 34 heavy (non-hydrogen) atoms. The van der Waals surface area contributed by atoms with Crippen molar-refractivity contribution >= 4 is 11.8 Å². The van der Waals surface area contributed by atoms with Crippen molar-refractivity contribution in [3.05, 3.63) is 47.5 Å². The van der Waals surface area contributed by atoms with Crippen LogP contribution >= 0.6 is 0 Å². The molecule has 9 nitrogen and oxygen atoms in total. The Hall–Kier alpha value is -2.91. The Balaban J connectivity index is 1.15. The highest BCUT2D eigenvalue weighted by Gasteiger charge is 2.32. The number of rotatable bonds is 6. The average Bonchev–Trinajstić information content (AvgIpc) is 3.56. The van der Waals surface area contributed by atoms with E-state index in [-0.39, 0.29) is 29.9 Å². The van der Waals surface area contributed by atoms with Gasteiger partial charge in [-0.2, -0.15) is 0 Å². The molecular weight excluding hydrogens is 436 g/mol. The number of carbonyl (C=O) groups excluding carboxylic acids is 2. The first-order valence-corrected chi connectivity index (χ1v) is 12.1. The van der Waals surface area contributed by atoms with E-state index in [1.165, 1.54) is 0 Å². The van der Waals surface area contributed by atoms with Crippen LogP contribution in [-0.2, 0) is 27.4 Å². The number of benzene rings is 1. The molecule has 2 aromatic rings. The lowest BCUT2D eigenvalue weighted by molar-refractivity contribution is -0.126. The summed E-state index contributed by atoms with van der Waals surface area (Å²) in [5.41, 5.74) is 2.33. The fourth-order valence-electron chi connectivity index (χ4n) is 4.98. The van der Waals surface area contributed by atoms with E-state index >= 15 is 0 Å². The maximum Gasteiger partial charge on any atom is 0.274 e. The van der Waals surface area contributed by atoms with Gasteiger partial charge in [0.25, 0.3) is 5.91 Å². The Labute approximate surface area is 199 Å². The van der Waals surface area contributed by atoms with Crippen LogP contribution < -0.4 is 10.1 Å². The molecule has 0 unspecified atom stereocenters. The molecule has 0 spiro atoms. The zero-order valence-electron chi connectivity index (χ0n) is 19.6. The maximum atomic E-state index is 13.2. The molecule has 2 saturated heterocycles. The number of amides is 2. The Morgan fingerprint density at radius 1 is 1.15 bits per heavy atom. The van der Waals surface area contributed by atoms with Crippen LogP contribution in [0.5, 0.6) is 5.75 Å². The predicted octanol–water partition coefficient (Wildman–Crippen LogP) is 2.31. The Kier molecular flexibility index (Phi) is 6.82. The van der Waals surface area contributed by atoms with E-state index in [1.807, 2.05) is 33.7 Å². The highest BCUT2D eigenvalue weighted by Crippen LogP contribution is 2.30. The van der Waals surface area contributed by atoms with Crippen molar-refractivity contribution < 1.29 is 23.8 Å². The third kappa shape index (κ3) is 4.81. The van der Waals surface area contributed by atoms with E-state index in [0.29, 0.717) is 51.3 Å². The van der Waals surface area contributed by atoms with E-state index in [1.54, 1.807) is 13.4 Å². The van der Waals surface area contributed by atoms with Gasteiger partial charge < -0.3 is 29.0 Å². The van der Waals surface area contributed by atoms with Gasteiger partial charge in [0.1, 0.15) is 11.9 Å². The molecule has 3 aliphatic heterocycles. The fraction of sp³-hybridized carbons (Fsp3) is 0.560. The first-order chi connectivity index (χ1) is 16.6. The minimum absolute atomic E-state index is 0.0602. The van der Waals surface area contributed by atoms with Crippen molar-refractivity contribution in [1.29, 1.82) is 0 Å². The lowest BCUT2D eigenvalue weighted by Gasteiger charge is -2.32. The number of imidazole rings is 1. The van der Waals surface area contributed by atoms with Crippen LogP contribution in [0.4, 0.5) is 0 Å². The average molecular weight is 469 g/mol. The molecule has 1 aromatic heterocycles. The van der Waals surface area contributed by atoms with E-state index in [9.17, 15) is 9.59 Å². The number of carbonyl (C=O) groups is 2. The zero-order chi connectivity index (χ0) is 23.5. The second kappa shape index (κ2) is 10.1. The summed E-state index contributed by atoms with van der Waals surface area (Å²) in [6, 6.07) is 7.84. The molecule has 1 aromatic carbocycles. The molecule has 0 radical (unpaired) electrons. The maximum absolute atomic E-state index is 13.2. The highest BCUT2D eigenvalue weighted by atomic mass is 16.5. The van der Waals surface area contributed by atoms with Gasteiger partial charge in [0.05, 0.1) is 38.4 Å². The number of piperidine rings is 1. The quantitative estimate of drug-likeness (QED) is 0.699. The van der Waals surface area contributed by atoms with Gasteiger partial charge >= 0.3 is 0 Å². The Morgan fingerprint density at radius 3 is 2.65 bits per heavy atom. The number of fused-ring (bicyclic) bond motifs is 1. The summed E-state index contributed by atoms with van der Waals surface area (Å²) in [7, 11) is 1.65. The molecular formula is C25H32N4O5. The molecule has 0 saturated carbocycles. The van der Waals surface area contributed by atoms with Crippen LogP contribution in [0.15, 0.2) is 30.6 Å². The minimum atomic E-state index is -0.0977. The Morgan fingerprint density at radius 2 is 1.94 bits per heavy atom. The summed E-state index contributed by atoms with van der Waals surface area (Å²) in [5.74, 6) is 0.730. The molecule has 0 bridgehead atoms. The number of ether oxygens (including phenoxy) is 3. The lowest BCUT2D eigenvalue weighted by Crippen LogP contribution is -2.44. The molecule has 0 aliphatic carbocycles. The predicted molar refractivity (Wildman–Crippen MR) is 123 cm³/mol. The first kappa shape index (κ1) is 22.9. The lowest BCUT2D eigenvalue weighted by atomic mass is 9.95. The van der Waals surface area contributed by atoms with E-state index in [4.69, 9.17) is 14.2 Å². The molecule has 1 N–H and O–H groups in total. The van der Waals surface area contributed by atoms with Crippen molar-refractivity contribution in [1.82, 2.24) is 19.8 Å². The second-order valence-electron chi connectivity index (χ2n) is 9.21. The molecule has 2 fully saturated rings. The smallest absolute Gasteiger partial charge is 0.274 e. The Bertz CT molecular complexity index is 1010. The van der Waals surface area contributed by atoms with Crippen molar-refractivity contribution in [2.24, 2.45) is 5.92 Å². The van der Waals surface area contributed by atoms with Crippen LogP contribution in [0.1, 0.15) is 53.5 Å². The molecule has 4 heterocycles. The number of hydrogen-bond acceptors (Lipinski definition) is 6. The molecule has 182 valence electrons.